The smallest absolute Gasteiger partial charge is 0.241 e. The number of hydrogen-bond donors (Lipinski definition) is 1. The molecule has 3 nitrogen and oxygen atoms in total. The Morgan fingerprint density at radius 2 is 2.25 bits per heavy atom. The minimum atomic E-state index is -0.601. The number of amides is 1. The normalized spacial score (nSPS) is 11.6. The number of benzene rings is 1. The maximum atomic E-state index is 11.6. The lowest BCUT2D eigenvalue weighted by Crippen LogP contribution is -2.21. The second kappa shape index (κ2) is 6.02. The molecule has 1 aromatic rings. The third kappa shape index (κ3) is 3.32. The molecule has 84 valence electrons. The second-order valence-corrected chi connectivity index (χ2v) is 4.97. The third-order valence-electron chi connectivity index (χ3n) is 2.07. The van der Waals surface area contributed by atoms with Crippen LogP contribution in [0.25, 0.3) is 0 Å². The fraction of sp³-hybridized carbons (Fsp3) is 0.273. The van der Waals surface area contributed by atoms with Gasteiger partial charge in [-0.25, -0.2) is 0 Å². The molecule has 0 spiro atoms. The zero-order valence-electron chi connectivity index (χ0n) is 8.63. The van der Waals surface area contributed by atoms with Gasteiger partial charge in [0, 0.05) is 8.95 Å². The van der Waals surface area contributed by atoms with Gasteiger partial charge in [0.2, 0.25) is 5.91 Å². The van der Waals surface area contributed by atoms with Gasteiger partial charge in [-0.1, -0.05) is 22.9 Å². The molecule has 0 radical (unpaired) electrons. The summed E-state index contributed by atoms with van der Waals surface area (Å²) in [4.78, 5) is 11.6. The number of nitriles is 1. The molecule has 0 aliphatic carbocycles. The van der Waals surface area contributed by atoms with Crippen LogP contribution in [0.3, 0.4) is 0 Å². The van der Waals surface area contributed by atoms with Crippen LogP contribution in [0.5, 0.6) is 0 Å². The van der Waals surface area contributed by atoms with E-state index in [-0.39, 0.29) is 5.91 Å². The Hall–Kier alpha value is -0.860. The minimum absolute atomic E-state index is 0.270. The monoisotopic (exact) mass is 344 g/mol. The number of carbonyl (C=O) groups is 1. The first-order valence-corrected chi connectivity index (χ1v) is 6.32. The van der Waals surface area contributed by atoms with Crippen LogP contribution in [-0.2, 0) is 4.79 Å². The van der Waals surface area contributed by atoms with Crippen LogP contribution in [0.15, 0.2) is 27.1 Å². The van der Waals surface area contributed by atoms with Gasteiger partial charge in [-0.3, -0.25) is 4.79 Å². The van der Waals surface area contributed by atoms with Crippen LogP contribution in [0.1, 0.15) is 13.3 Å². The average Bonchev–Trinajstić information content (AvgIpc) is 2.24. The molecule has 1 amide bonds. The quantitative estimate of drug-likeness (QED) is 0.908. The Bertz CT molecular complexity index is 440. The lowest BCUT2D eigenvalue weighted by atomic mass is 10.1. The van der Waals surface area contributed by atoms with Crippen LogP contribution >= 0.6 is 31.9 Å². The summed E-state index contributed by atoms with van der Waals surface area (Å²) in [6, 6.07) is 7.40. The first kappa shape index (κ1) is 13.2. The molecular formula is C11H10Br2N2O. The van der Waals surface area contributed by atoms with E-state index >= 15 is 0 Å². The van der Waals surface area contributed by atoms with Crippen LogP contribution in [0, 0.1) is 17.2 Å². The van der Waals surface area contributed by atoms with Gasteiger partial charge in [-0.05, 0) is 40.5 Å². The summed E-state index contributed by atoms with van der Waals surface area (Å²) >= 11 is 6.66. The van der Waals surface area contributed by atoms with Crippen LogP contribution in [0.4, 0.5) is 5.69 Å². The standard InChI is InChI=1S/C11H10Br2N2O/c1-2-7(6-14)11(16)15-10-4-3-8(12)5-9(10)13/h3-5,7H,2H2,1H3,(H,15,16). The highest BCUT2D eigenvalue weighted by Crippen LogP contribution is 2.26. The fourth-order valence-corrected chi connectivity index (χ4v) is 2.29. The number of nitrogens with zero attached hydrogens (tertiary/aromatic N) is 1. The van der Waals surface area contributed by atoms with Gasteiger partial charge in [0.1, 0.15) is 5.92 Å². The minimum Gasteiger partial charge on any atom is -0.324 e. The van der Waals surface area contributed by atoms with E-state index in [1.807, 2.05) is 25.1 Å². The molecule has 0 fully saturated rings. The number of rotatable bonds is 3. The largest absolute Gasteiger partial charge is 0.324 e. The molecule has 1 N–H and O–H groups in total. The Labute approximate surface area is 111 Å². The predicted molar refractivity (Wildman–Crippen MR) is 69.9 cm³/mol. The Morgan fingerprint density at radius 3 is 2.75 bits per heavy atom. The zero-order chi connectivity index (χ0) is 12.1. The van der Waals surface area contributed by atoms with Crippen molar-refractivity contribution in [2.45, 2.75) is 13.3 Å². The van der Waals surface area contributed by atoms with Crippen molar-refractivity contribution in [1.29, 1.82) is 5.26 Å². The van der Waals surface area contributed by atoms with E-state index in [0.29, 0.717) is 12.1 Å². The number of halogens is 2. The number of hydrogen-bond acceptors (Lipinski definition) is 2. The van der Waals surface area contributed by atoms with Crippen molar-refractivity contribution >= 4 is 43.5 Å². The molecule has 0 saturated heterocycles. The summed E-state index contributed by atoms with van der Waals surface area (Å²) < 4.78 is 1.70. The summed E-state index contributed by atoms with van der Waals surface area (Å²) in [6.07, 6.45) is 0.510. The Kier molecular flexibility index (Phi) is 4.97. The highest BCUT2D eigenvalue weighted by Gasteiger charge is 2.16. The molecule has 1 aromatic carbocycles. The Balaban J connectivity index is 2.81. The number of carbonyl (C=O) groups excluding carboxylic acids is 1. The molecule has 0 aliphatic rings. The van der Waals surface area contributed by atoms with E-state index in [2.05, 4.69) is 37.2 Å². The SMILES string of the molecule is CCC(C#N)C(=O)Nc1ccc(Br)cc1Br. The summed E-state index contributed by atoms with van der Waals surface area (Å²) in [6.45, 7) is 1.81. The van der Waals surface area contributed by atoms with Gasteiger partial charge in [-0.2, -0.15) is 5.26 Å². The molecular weight excluding hydrogens is 336 g/mol. The number of anilines is 1. The topological polar surface area (TPSA) is 52.9 Å². The van der Waals surface area contributed by atoms with Gasteiger partial charge >= 0.3 is 0 Å². The summed E-state index contributed by atoms with van der Waals surface area (Å²) in [5.41, 5.74) is 0.668. The van der Waals surface area contributed by atoms with Gasteiger partial charge < -0.3 is 5.32 Å². The van der Waals surface area contributed by atoms with Crippen molar-refractivity contribution in [2.75, 3.05) is 5.32 Å². The second-order valence-electron chi connectivity index (χ2n) is 3.20. The molecule has 1 atom stereocenters. The third-order valence-corrected chi connectivity index (χ3v) is 3.22. The highest BCUT2D eigenvalue weighted by atomic mass is 79.9. The summed E-state index contributed by atoms with van der Waals surface area (Å²) in [5.74, 6) is -0.872. The van der Waals surface area contributed by atoms with E-state index in [1.165, 1.54) is 0 Å². The van der Waals surface area contributed by atoms with E-state index in [1.54, 1.807) is 6.07 Å². The molecule has 5 heteroatoms. The maximum absolute atomic E-state index is 11.6. The molecule has 16 heavy (non-hydrogen) atoms. The van der Waals surface area contributed by atoms with E-state index in [0.717, 1.165) is 8.95 Å². The summed E-state index contributed by atoms with van der Waals surface area (Å²) in [7, 11) is 0. The maximum Gasteiger partial charge on any atom is 0.241 e. The van der Waals surface area contributed by atoms with Crippen LogP contribution in [0.2, 0.25) is 0 Å². The van der Waals surface area contributed by atoms with Gasteiger partial charge in [-0.15, -0.1) is 0 Å². The number of nitrogens with one attached hydrogen (secondary N) is 1. The van der Waals surface area contributed by atoms with Gasteiger partial charge in [0.25, 0.3) is 0 Å². The molecule has 1 rings (SSSR count). The lowest BCUT2D eigenvalue weighted by molar-refractivity contribution is -0.118. The van der Waals surface area contributed by atoms with Gasteiger partial charge in [0.15, 0.2) is 0 Å². The van der Waals surface area contributed by atoms with Crippen molar-refractivity contribution in [1.82, 2.24) is 0 Å². The zero-order valence-corrected chi connectivity index (χ0v) is 11.8. The van der Waals surface area contributed by atoms with Crippen molar-refractivity contribution in [2.24, 2.45) is 5.92 Å². The predicted octanol–water partition coefficient (Wildman–Crippen LogP) is 3.70. The van der Waals surface area contributed by atoms with Gasteiger partial charge in [0.05, 0.1) is 11.8 Å². The molecule has 0 aliphatic heterocycles. The van der Waals surface area contributed by atoms with E-state index < -0.39 is 5.92 Å². The average molecular weight is 346 g/mol. The molecule has 0 aromatic heterocycles. The highest BCUT2D eigenvalue weighted by molar-refractivity contribution is 9.11. The molecule has 0 saturated carbocycles. The van der Waals surface area contributed by atoms with Crippen molar-refractivity contribution in [3.8, 4) is 6.07 Å². The van der Waals surface area contributed by atoms with Crippen molar-refractivity contribution < 1.29 is 4.79 Å². The lowest BCUT2D eigenvalue weighted by Gasteiger charge is -2.09. The van der Waals surface area contributed by atoms with Crippen LogP contribution in [-0.4, -0.2) is 5.91 Å². The van der Waals surface area contributed by atoms with Crippen LogP contribution < -0.4 is 5.32 Å². The molecule has 1 unspecified atom stereocenters. The molecule has 0 bridgehead atoms. The van der Waals surface area contributed by atoms with E-state index in [4.69, 9.17) is 5.26 Å². The summed E-state index contributed by atoms with van der Waals surface area (Å²) in [5, 5.41) is 11.5. The Morgan fingerprint density at radius 1 is 1.56 bits per heavy atom. The van der Waals surface area contributed by atoms with Crippen molar-refractivity contribution in [3.05, 3.63) is 27.1 Å². The van der Waals surface area contributed by atoms with E-state index in [9.17, 15) is 4.79 Å². The first-order chi connectivity index (χ1) is 7.58. The fourth-order valence-electron chi connectivity index (χ4n) is 1.15. The van der Waals surface area contributed by atoms with Crippen molar-refractivity contribution in [3.63, 3.8) is 0 Å². The molecule has 0 heterocycles. The first-order valence-electron chi connectivity index (χ1n) is 4.74.